The lowest BCUT2D eigenvalue weighted by Gasteiger charge is -2.34. The largest absolute Gasteiger partial charge is 0.379 e. The molecule has 2 rings (SSSR count). The third-order valence-electron chi connectivity index (χ3n) is 3.64. The minimum absolute atomic E-state index is 0. The molecule has 0 amide bonds. The number of halogens is 1. The third-order valence-corrected chi connectivity index (χ3v) is 5.23. The number of guanidine groups is 1. The maximum atomic E-state index is 5.48. The Morgan fingerprint density at radius 1 is 1.43 bits per heavy atom. The standard InChI is InChI=1S/C15H26N4OS2.HI/c1-16-15(17-5-11-21-2)18-12-13(14-4-3-10-22-14)19-6-8-20-9-7-19;/h3-4,10,13H,5-9,11-12H2,1-2H3,(H2,16,17,18);1H. The van der Waals surface area contributed by atoms with Gasteiger partial charge in [-0.15, -0.1) is 35.3 Å². The van der Waals surface area contributed by atoms with Gasteiger partial charge < -0.3 is 15.4 Å². The molecule has 1 aliphatic rings. The van der Waals surface area contributed by atoms with E-state index in [-0.39, 0.29) is 24.0 Å². The van der Waals surface area contributed by atoms with Crippen molar-refractivity contribution in [1.82, 2.24) is 15.5 Å². The summed E-state index contributed by atoms with van der Waals surface area (Å²) < 4.78 is 5.48. The molecule has 1 aromatic rings. The minimum atomic E-state index is 0. The van der Waals surface area contributed by atoms with Crippen LogP contribution >= 0.6 is 47.1 Å². The number of morpholine rings is 1. The Morgan fingerprint density at radius 2 is 2.22 bits per heavy atom. The van der Waals surface area contributed by atoms with Crippen LogP contribution in [0.5, 0.6) is 0 Å². The Labute approximate surface area is 164 Å². The lowest BCUT2D eigenvalue weighted by atomic mass is 10.2. The van der Waals surface area contributed by atoms with E-state index in [1.54, 1.807) is 0 Å². The van der Waals surface area contributed by atoms with E-state index in [1.807, 2.05) is 30.1 Å². The normalized spacial score (nSPS) is 17.4. The fourth-order valence-electron chi connectivity index (χ4n) is 2.47. The van der Waals surface area contributed by atoms with Gasteiger partial charge in [-0.05, 0) is 17.7 Å². The van der Waals surface area contributed by atoms with Crippen LogP contribution in [0.25, 0.3) is 0 Å². The molecule has 8 heteroatoms. The Kier molecular flexibility index (Phi) is 11.3. The molecule has 0 saturated carbocycles. The van der Waals surface area contributed by atoms with Gasteiger partial charge in [0.15, 0.2) is 5.96 Å². The van der Waals surface area contributed by atoms with E-state index < -0.39 is 0 Å². The summed E-state index contributed by atoms with van der Waals surface area (Å²) in [6, 6.07) is 4.72. The molecule has 5 nitrogen and oxygen atoms in total. The molecule has 0 aromatic carbocycles. The topological polar surface area (TPSA) is 48.9 Å². The molecule has 1 fully saturated rings. The second-order valence-corrected chi connectivity index (χ2v) is 7.02. The maximum Gasteiger partial charge on any atom is 0.191 e. The number of rotatable bonds is 7. The summed E-state index contributed by atoms with van der Waals surface area (Å²) in [6.07, 6.45) is 2.11. The summed E-state index contributed by atoms with van der Waals surface area (Å²) in [6.45, 7) is 5.41. The molecule has 0 aliphatic carbocycles. The van der Waals surface area contributed by atoms with Crippen molar-refractivity contribution in [3.8, 4) is 0 Å². The molecule has 23 heavy (non-hydrogen) atoms. The SMILES string of the molecule is CN=C(NCCSC)NCC(c1cccs1)N1CCOCC1.I. The third kappa shape index (κ3) is 7.16. The molecule has 132 valence electrons. The Balaban J connectivity index is 0.00000264. The molecule has 1 atom stereocenters. The van der Waals surface area contributed by atoms with Crippen molar-refractivity contribution >= 4 is 53.0 Å². The van der Waals surface area contributed by atoms with Gasteiger partial charge in [-0.1, -0.05) is 6.07 Å². The zero-order valence-corrected chi connectivity index (χ0v) is 17.7. The number of nitrogens with one attached hydrogen (secondary N) is 2. The van der Waals surface area contributed by atoms with Gasteiger partial charge in [0.2, 0.25) is 0 Å². The quantitative estimate of drug-likeness (QED) is 0.277. The van der Waals surface area contributed by atoms with Crippen LogP contribution in [0.15, 0.2) is 22.5 Å². The highest BCUT2D eigenvalue weighted by atomic mass is 127. The van der Waals surface area contributed by atoms with E-state index in [1.165, 1.54) is 4.88 Å². The molecule has 0 bridgehead atoms. The first-order valence-electron chi connectivity index (χ1n) is 7.63. The van der Waals surface area contributed by atoms with Gasteiger partial charge in [0, 0.05) is 43.9 Å². The summed E-state index contributed by atoms with van der Waals surface area (Å²) in [5.74, 6) is 1.96. The monoisotopic (exact) mass is 470 g/mol. The molecular weight excluding hydrogens is 443 g/mol. The molecule has 2 heterocycles. The van der Waals surface area contributed by atoms with Crippen LogP contribution in [0.4, 0.5) is 0 Å². The van der Waals surface area contributed by atoms with Crippen LogP contribution in [-0.2, 0) is 4.74 Å². The molecule has 1 aliphatic heterocycles. The van der Waals surface area contributed by atoms with E-state index in [0.717, 1.165) is 51.1 Å². The van der Waals surface area contributed by atoms with Crippen molar-refractivity contribution in [2.24, 2.45) is 4.99 Å². The highest BCUT2D eigenvalue weighted by Crippen LogP contribution is 2.25. The fraction of sp³-hybridized carbons (Fsp3) is 0.667. The van der Waals surface area contributed by atoms with E-state index >= 15 is 0 Å². The molecule has 1 aromatic heterocycles. The highest BCUT2D eigenvalue weighted by Gasteiger charge is 2.23. The first-order valence-corrected chi connectivity index (χ1v) is 9.91. The van der Waals surface area contributed by atoms with Crippen molar-refractivity contribution in [3.05, 3.63) is 22.4 Å². The van der Waals surface area contributed by atoms with Crippen LogP contribution in [-0.4, -0.2) is 69.3 Å². The Hall–Kier alpha value is -0.0300. The van der Waals surface area contributed by atoms with Crippen molar-refractivity contribution < 1.29 is 4.74 Å². The van der Waals surface area contributed by atoms with Crippen molar-refractivity contribution in [2.75, 3.05) is 58.4 Å². The lowest BCUT2D eigenvalue weighted by Crippen LogP contribution is -2.46. The van der Waals surface area contributed by atoms with Crippen molar-refractivity contribution in [1.29, 1.82) is 0 Å². The highest BCUT2D eigenvalue weighted by molar-refractivity contribution is 14.0. The zero-order valence-electron chi connectivity index (χ0n) is 13.8. The van der Waals surface area contributed by atoms with Crippen LogP contribution in [0.1, 0.15) is 10.9 Å². The number of thiophene rings is 1. The number of aliphatic imine (C=N–C) groups is 1. The van der Waals surface area contributed by atoms with E-state index in [9.17, 15) is 0 Å². The van der Waals surface area contributed by atoms with Gasteiger partial charge in [0.05, 0.1) is 19.3 Å². The molecule has 1 saturated heterocycles. The second kappa shape index (κ2) is 12.3. The van der Waals surface area contributed by atoms with Gasteiger partial charge in [0.25, 0.3) is 0 Å². The first kappa shape index (κ1) is 21.0. The van der Waals surface area contributed by atoms with Gasteiger partial charge in [-0.25, -0.2) is 0 Å². The Bertz CT molecular complexity index is 439. The first-order chi connectivity index (χ1) is 10.8. The van der Waals surface area contributed by atoms with E-state index in [2.05, 4.69) is 44.3 Å². The maximum absolute atomic E-state index is 5.48. The van der Waals surface area contributed by atoms with Gasteiger partial charge >= 0.3 is 0 Å². The smallest absolute Gasteiger partial charge is 0.191 e. The number of ether oxygens (including phenoxy) is 1. The fourth-order valence-corrected chi connectivity index (χ4v) is 3.63. The number of nitrogens with zero attached hydrogens (tertiary/aromatic N) is 2. The predicted octanol–water partition coefficient (Wildman–Crippen LogP) is 2.27. The van der Waals surface area contributed by atoms with Gasteiger partial charge in [-0.3, -0.25) is 9.89 Å². The second-order valence-electron chi connectivity index (χ2n) is 5.05. The average Bonchev–Trinajstić information content (AvgIpc) is 3.09. The summed E-state index contributed by atoms with van der Waals surface area (Å²) in [5, 5.41) is 8.97. The van der Waals surface area contributed by atoms with E-state index in [0.29, 0.717) is 6.04 Å². The summed E-state index contributed by atoms with van der Waals surface area (Å²) >= 11 is 3.65. The van der Waals surface area contributed by atoms with Crippen LogP contribution < -0.4 is 10.6 Å². The molecule has 0 radical (unpaired) electrons. The molecule has 2 N–H and O–H groups in total. The molecular formula is C15H27IN4OS2. The Morgan fingerprint density at radius 3 is 2.83 bits per heavy atom. The number of thioether (sulfide) groups is 1. The summed E-state index contributed by atoms with van der Waals surface area (Å²) in [7, 11) is 1.82. The van der Waals surface area contributed by atoms with E-state index in [4.69, 9.17) is 4.74 Å². The van der Waals surface area contributed by atoms with Crippen LogP contribution in [0.3, 0.4) is 0 Å². The number of hydrogen-bond acceptors (Lipinski definition) is 5. The predicted molar refractivity (Wildman–Crippen MR) is 113 cm³/mol. The molecule has 1 unspecified atom stereocenters. The zero-order chi connectivity index (χ0) is 15.6. The molecule has 0 spiro atoms. The van der Waals surface area contributed by atoms with Crippen LogP contribution in [0, 0.1) is 0 Å². The van der Waals surface area contributed by atoms with Crippen molar-refractivity contribution in [3.63, 3.8) is 0 Å². The average molecular weight is 470 g/mol. The summed E-state index contributed by atoms with van der Waals surface area (Å²) in [4.78, 5) is 8.20. The lowest BCUT2D eigenvalue weighted by molar-refractivity contribution is 0.0177. The van der Waals surface area contributed by atoms with Crippen LogP contribution in [0.2, 0.25) is 0 Å². The van der Waals surface area contributed by atoms with Gasteiger partial charge in [0.1, 0.15) is 0 Å². The number of hydrogen-bond donors (Lipinski definition) is 2. The summed E-state index contributed by atoms with van der Waals surface area (Å²) in [5.41, 5.74) is 0. The van der Waals surface area contributed by atoms with Crippen molar-refractivity contribution in [2.45, 2.75) is 6.04 Å². The van der Waals surface area contributed by atoms with Gasteiger partial charge in [-0.2, -0.15) is 11.8 Å². The minimum Gasteiger partial charge on any atom is -0.379 e.